The predicted molar refractivity (Wildman–Crippen MR) is 90.5 cm³/mol. The van der Waals surface area contributed by atoms with Crippen LogP contribution in [0.2, 0.25) is 0 Å². The molecule has 0 spiro atoms. The summed E-state index contributed by atoms with van der Waals surface area (Å²) in [5.74, 6) is -0.564. The van der Waals surface area contributed by atoms with Gasteiger partial charge in [-0.3, -0.25) is 9.35 Å². The van der Waals surface area contributed by atoms with Crippen molar-refractivity contribution in [1.82, 2.24) is 0 Å². The molecular weight excluding hydrogens is 330 g/mol. The Kier molecular flexibility index (Phi) is 4.20. The third-order valence-corrected chi connectivity index (χ3v) is 3.73. The number of carbonyl (C=O) groups excluding carboxylic acids is 1. The Balaban J connectivity index is 2.07. The van der Waals surface area contributed by atoms with Crippen LogP contribution in [-0.4, -0.2) is 18.9 Å². The van der Waals surface area contributed by atoms with Crippen molar-refractivity contribution in [3.05, 3.63) is 72.3 Å². The zero-order valence-electron chi connectivity index (χ0n) is 12.3. The second kappa shape index (κ2) is 6.31. The van der Waals surface area contributed by atoms with E-state index in [0.29, 0.717) is 16.3 Å². The Bertz CT molecular complexity index is 1000. The molecule has 0 atom stereocenters. The van der Waals surface area contributed by atoms with Gasteiger partial charge in [-0.2, -0.15) is 8.42 Å². The van der Waals surface area contributed by atoms with Gasteiger partial charge in [-0.15, -0.1) is 0 Å². The zero-order chi connectivity index (χ0) is 17.2. The van der Waals surface area contributed by atoms with Crippen LogP contribution in [0.4, 0.5) is 5.69 Å². The van der Waals surface area contributed by atoms with Gasteiger partial charge in [0.15, 0.2) is 5.75 Å². The highest BCUT2D eigenvalue weighted by Gasteiger charge is 2.17. The van der Waals surface area contributed by atoms with Crippen molar-refractivity contribution in [1.29, 1.82) is 0 Å². The lowest BCUT2D eigenvalue weighted by atomic mass is 10.1. The van der Waals surface area contributed by atoms with Crippen LogP contribution >= 0.6 is 0 Å². The van der Waals surface area contributed by atoms with Gasteiger partial charge in [0.05, 0.1) is 5.69 Å². The average molecular weight is 343 g/mol. The Hall–Kier alpha value is -2.90. The number of nitrogens with one attached hydrogen (secondary N) is 1. The number of rotatable bonds is 4. The predicted octanol–water partition coefficient (Wildman–Crippen LogP) is 3.27. The van der Waals surface area contributed by atoms with Gasteiger partial charge < -0.3 is 9.50 Å². The van der Waals surface area contributed by atoms with Crippen LogP contribution in [0.5, 0.6) is 5.75 Å². The summed E-state index contributed by atoms with van der Waals surface area (Å²) in [6, 6.07) is 18.6. The molecule has 0 aliphatic carbocycles. The van der Waals surface area contributed by atoms with E-state index in [4.69, 9.17) is 8.74 Å². The molecule has 0 aromatic heterocycles. The van der Waals surface area contributed by atoms with Gasteiger partial charge in [0.1, 0.15) is 0 Å². The Morgan fingerprint density at radius 3 is 2.29 bits per heavy atom. The van der Waals surface area contributed by atoms with Crippen LogP contribution in [-0.2, 0) is 10.4 Å². The first-order chi connectivity index (χ1) is 11.4. The summed E-state index contributed by atoms with van der Waals surface area (Å²) >= 11 is 0. The normalized spacial score (nSPS) is 11.2. The van der Waals surface area contributed by atoms with Crippen LogP contribution < -0.4 is 9.50 Å². The minimum Gasteiger partial charge on any atom is -0.359 e. The minimum atomic E-state index is -4.74. The number of fused-ring (bicyclic) bond motifs is 1. The summed E-state index contributed by atoms with van der Waals surface area (Å²) in [4.78, 5) is 12.3. The molecule has 0 saturated heterocycles. The molecule has 2 N–H and O–H groups in total. The second-order valence-corrected chi connectivity index (χ2v) is 6.02. The van der Waals surface area contributed by atoms with Crippen molar-refractivity contribution in [3.8, 4) is 5.75 Å². The first-order valence-corrected chi connectivity index (χ1v) is 8.35. The first-order valence-electron chi connectivity index (χ1n) is 6.99. The molecule has 0 unspecified atom stereocenters. The molecule has 0 bridgehead atoms. The third-order valence-electron chi connectivity index (χ3n) is 3.35. The van der Waals surface area contributed by atoms with Crippen molar-refractivity contribution < 1.29 is 21.9 Å². The molecule has 122 valence electrons. The molecule has 0 fully saturated rings. The quantitative estimate of drug-likeness (QED) is 0.709. The first kappa shape index (κ1) is 16.0. The van der Waals surface area contributed by atoms with E-state index in [2.05, 4.69) is 5.32 Å². The fourth-order valence-electron chi connectivity index (χ4n) is 2.32. The van der Waals surface area contributed by atoms with E-state index < -0.39 is 16.3 Å². The van der Waals surface area contributed by atoms with E-state index in [9.17, 15) is 13.2 Å². The maximum Gasteiger partial charge on any atom is 0.446 e. The second-order valence-electron chi connectivity index (χ2n) is 4.99. The van der Waals surface area contributed by atoms with Crippen LogP contribution in [0.25, 0.3) is 10.8 Å². The van der Waals surface area contributed by atoms with Crippen molar-refractivity contribution in [2.45, 2.75) is 0 Å². The highest BCUT2D eigenvalue weighted by Crippen LogP contribution is 2.35. The molecule has 0 saturated carbocycles. The molecule has 3 rings (SSSR count). The third kappa shape index (κ3) is 3.53. The SMILES string of the molecule is O=C(Nc1ccc2ccccc2c1OS(=O)(=O)O)c1ccccc1. The number of hydrogen-bond acceptors (Lipinski definition) is 4. The molecule has 7 heteroatoms. The lowest BCUT2D eigenvalue weighted by Crippen LogP contribution is -2.14. The molecule has 3 aromatic carbocycles. The summed E-state index contributed by atoms with van der Waals surface area (Å²) in [7, 11) is -4.74. The minimum absolute atomic E-state index is 0.139. The molecule has 0 aliphatic heterocycles. The van der Waals surface area contributed by atoms with Gasteiger partial charge in [-0.05, 0) is 23.6 Å². The van der Waals surface area contributed by atoms with E-state index in [1.165, 1.54) is 6.07 Å². The molecule has 0 heterocycles. The van der Waals surface area contributed by atoms with Crippen molar-refractivity contribution in [2.75, 3.05) is 5.32 Å². The summed E-state index contributed by atoms with van der Waals surface area (Å²) in [6.07, 6.45) is 0. The fourth-order valence-corrected chi connectivity index (χ4v) is 2.71. The summed E-state index contributed by atoms with van der Waals surface area (Å²) < 4.78 is 36.1. The Labute approximate surface area is 138 Å². The summed E-state index contributed by atoms with van der Waals surface area (Å²) in [6.45, 7) is 0. The van der Waals surface area contributed by atoms with Gasteiger partial charge in [-0.1, -0.05) is 48.5 Å². The number of carbonyl (C=O) groups is 1. The van der Waals surface area contributed by atoms with E-state index in [1.807, 2.05) is 0 Å². The number of anilines is 1. The maximum absolute atomic E-state index is 12.3. The molecule has 3 aromatic rings. The molecule has 24 heavy (non-hydrogen) atoms. The molecule has 1 amide bonds. The van der Waals surface area contributed by atoms with Gasteiger partial charge in [0.2, 0.25) is 0 Å². The van der Waals surface area contributed by atoms with Gasteiger partial charge >= 0.3 is 10.4 Å². The lowest BCUT2D eigenvalue weighted by Gasteiger charge is -2.13. The topological polar surface area (TPSA) is 92.7 Å². The van der Waals surface area contributed by atoms with Crippen molar-refractivity contribution >= 4 is 32.8 Å². The van der Waals surface area contributed by atoms with Crippen LogP contribution in [0.3, 0.4) is 0 Å². The standard InChI is InChI=1S/C17H13NO5S/c19-17(13-7-2-1-3-8-13)18-15-11-10-12-6-4-5-9-14(12)16(15)23-24(20,21)22/h1-11H,(H,18,19)(H,20,21,22). The summed E-state index contributed by atoms with van der Waals surface area (Å²) in [5, 5.41) is 3.75. The largest absolute Gasteiger partial charge is 0.446 e. The average Bonchev–Trinajstić information content (AvgIpc) is 2.56. The van der Waals surface area contributed by atoms with Crippen LogP contribution in [0, 0.1) is 0 Å². The van der Waals surface area contributed by atoms with E-state index in [0.717, 1.165) is 0 Å². The van der Waals surface area contributed by atoms with E-state index >= 15 is 0 Å². The number of benzene rings is 3. The van der Waals surface area contributed by atoms with E-state index in [-0.39, 0.29) is 11.4 Å². The zero-order valence-corrected chi connectivity index (χ0v) is 13.2. The Morgan fingerprint density at radius 2 is 1.58 bits per heavy atom. The molecule has 0 aliphatic rings. The number of hydrogen-bond donors (Lipinski definition) is 2. The lowest BCUT2D eigenvalue weighted by molar-refractivity contribution is 0.102. The highest BCUT2D eigenvalue weighted by molar-refractivity contribution is 7.81. The van der Waals surface area contributed by atoms with Gasteiger partial charge in [-0.25, -0.2) is 0 Å². The van der Waals surface area contributed by atoms with Crippen LogP contribution in [0.1, 0.15) is 10.4 Å². The monoisotopic (exact) mass is 343 g/mol. The van der Waals surface area contributed by atoms with Gasteiger partial charge in [0.25, 0.3) is 5.91 Å². The smallest absolute Gasteiger partial charge is 0.359 e. The fraction of sp³-hybridized carbons (Fsp3) is 0. The molecule has 6 nitrogen and oxygen atoms in total. The van der Waals surface area contributed by atoms with Gasteiger partial charge in [0, 0.05) is 10.9 Å². The molecule has 0 radical (unpaired) electrons. The maximum atomic E-state index is 12.3. The molecular formula is C17H13NO5S. The van der Waals surface area contributed by atoms with E-state index in [1.54, 1.807) is 60.7 Å². The highest BCUT2D eigenvalue weighted by atomic mass is 32.3. The number of amides is 1. The van der Waals surface area contributed by atoms with Crippen molar-refractivity contribution in [3.63, 3.8) is 0 Å². The Morgan fingerprint density at radius 1 is 0.917 bits per heavy atom. The van der Waals surface area contributed by atoms with Crippen molar-refractivity contribution in [2.24, 2.45) is 0 Å². The summed E-state index contributed by atoms with van der Waals surface area (Å²) in [5.41, 5.74) is 0.545. The van der Waals surface area contributed by atoms with Crippen LogP contribution in [0.15, 0.2) is 66.7 Å².